The third kappa shape index (κ3) is 16.6. The van der Waals surface area contributed by atoms with Crippen LogP contribution in [0.1, 0.15) is 31.1 Å². The van der Waals surface area contributed by atoms with Crippen LogP contribution >= 0.6 is 50.7 Å². The van der Waals surface area contributed by atoms with Gasteiger partial charge in [0.25, 0.3) is 0 Å². The zero-order chi connectivity index (χ0) is 39.6. The third-order valence-electron chi connectivity index (χ3n) is 6.79. The SMILES string of the molecule is COC(=O)c1ccc(-c2ccc(Cl)cc2)nc1.COC(=O)c1ccc(Br)nc1.O=C(O)c1ccc(-c2ccc(Cl)cc2)nc1.OB(O)c1ccc(Cl)cc1.[Li+].[OH-]. The molecule has 6 rings (SSSR count). The van der Waals surface area contributed by atoms with Gasteiger partial charge in [-0.3, -0.25) is 9.97 Å². The summed E-state index contributed by atoms with van der Waals surface area (Å²) < 4.78 is 9.78. The Kier molecular flexibility index (Phi) is 22.6. The van der Waals surface area contributed by atoms with Crippen LogP contribution in [0.5, 0.6) is 0 Å². The average Bonchev–Trinajstić information content (AvgIpc) is 3.19. The molecule has 0 aliphatic heterocycles. The molecule has 12 nitrogen and oxygen atoms in total. The van der Waals surface area contributed by atoms with Crippen LogP contribution in [0.4, 0.5) is 0 Å². The molecule has 0 unspecified atom stereocenters. The molecule has 4 N–H and O–H groups in total. The molecule has 3 aromatic carbocycles. The molecule has 0 fully saturated rings. The maximum atomic E-state index is 11.2. The Morgan fingerprint density at radius 2 is 0.929 bits per heavy atom. The van der Waals surface area contributed by atoms with Crippen LogP contribution in [-0.4, -0.2) is 74.8 Å². The van der Waals surface area contributed by atoms with E-state index in [-0.39, 0.29) is 41.8 Å². The van der Waals surface area contributed by atoms with Crippen molar-refractivity contribution in [3.05, 3.63) is 164 Å². The molecule has 0 amide bonds. The van der Waals surface area contributed by atoms with Gasteiger partial charge in [-0.15, -0.1) is 0 Å². The topological polar surface area (TPSA) is 199 Å². The van der Waals surface area contributed by atoms with Crippen molar-refractivity contribution in [3.63, 3.8) is 0 Å². The van der Waals surface area contributed by atoms with Gasteiger partial charge < -0.3 is 30.1 Å². The number of halogens is 4. The number of aromatic nitrogens is 3. The van der Waals surface area contributed by atoms with Gasteiger partial charge in [0.05, 0.1) is 42.3 Å². The first-order valence-electron chi connectivity index (χ1n) is 15.4. The van der Waals surface area contributed by atoms with Crippen molar-refractivity contribution in [2.24, 2.45) is 0 Å². The molecular weight excluding hydrogens is 846 g/mol. The first kappa shape index (κ1) is 49.4. The number of hydrogen-bond acceptors (Lipinski definition) is 11. The fourth-order valence-electron chi connectivity index (χ4n) is 3.98. The quantitative estimate of drug-likeness (QED) is 0.118. The number of nitrogens with zero attached hydrogens (tertiary/aromatic N) is 3. The zero-order valence-corrected chi connectivity index (χ0v) is 33.7. The Morgan fingerprint density at radius 3 is 1.23 bits per heavy atom. The summed E-state index contributed by atoms with van der Waals surface area (Å²) in [5.41, 5.74) is 4.88. The van der Waals surface area contributed by atoms with E-state index in [1.165, 1.54) is 38.9 Å². The second-order valence-electron chi connectivity index (χ2n) is 10.5. The smallest absolute Gasteiger partial charge is 0.870 e. The van der Waals surface area contributed by atoms with E-state index in [0.717, 1.165) is 22.5 Å². The third-order valence-corrected chi connectivity index (χ3v) is 8.02. The molecule has 0 saturated heterocycles. The van der Waals surface area contributed by atoms with Crippen LogP contribution in [0.3, 0.4) is 0 Å². The van der Waals surface area contributed by atoms with Crippen molar-refractivity contribution >= 4 is 81.2 Å². The fraction of sp³-hybridized carbons (Fsp3) is 0.0526. The number of esters is 2. The van der Waals surface area contributed by atoms with Gasteiger partial charge in [-0.05, 0) is 94.2 Å². The normalized spacial score (nSPS) is 9.43. The predicted octanol–water partition coefficient (Wildman–Crippen LogP) is 4.77. The Labute approximate surface area is 358 Å². The number of rotatable bonds is 6. The first-order chi connectivity index (χ1) is 25.8. The maximum absolute atomic E-state index is 11.2. The van der Waals surface area contributed by atoms with Crippen LogP contribution in [-0.2, 0) is 9.47 Å². The number of ether oxygens (including phenoxy) is 2. The Bertz CT molecular complexity index is 2100. The van der Waals surface area contributed by atoms with E-state index >= 15 is 0 Å². The number of methoxy groups -OCH3 is 2. The molecule has 18 heteroatoms. The molecule has 0 spiro atoms. The van der Waals surface area contributed by atoms with Crippen LogP contribution < -0.4 is 24.3 Å². The van der Waals surface area contributed by atoms with Crippen molar-refractivity contribution < 1.29 is 63.3 Å². The molecule has 6 aromatic rings. The van der Waals surface area contributed by atoms with E-state index in [9.17, 15) is 14.4 Å². The molecule has 284 valence electrons. The predicted molar refractivity (Wildman–Crippen MR) is 214 cm³/mol. The standard InChI is InChI=1S/C13H10ClNO2.C12H8ClNO2.C7H6BrNO2.C6H6BClO2.Li.H2O/c1-17-13(16)10-4-7-12(15-8-10)9-2-5-11(14)6-3-9;13-10-4-1-8(2-5-10)11-6-3-9(7-14-11)12(15)16;1-11-7(10)5-2-3-6(8)9-4-5;8-6-3-1-5(2-4-6)7(9)10;;/h2-8H,1H3;1-7H,(H,15,16);2-4H,1H3;1-4,9-10H;;1H2/q;;;;+1;/p-1. The van der Waals surface area contributed by atoms with Crippen molar-refractivity contribution in [2.75, 3.05) is 14.2 Å². The maximum Gasteiger partial charge on any atom is 1.00 e. The second kappa shape index (κ2) is 25.5. The molecule has 0 bridgehead atoms. The number of hydrogen-bond donors (Lipinski definition) is 3. The van der Waals surface area contributed by atoms with Gasteiger partial charge in [0, 0.05) is 44.8 Å². The average molecular weight is 878 g/mol. The molecule has 0 radical (unpaired) electrons. The summed E-state index contributed by atoms with van der Waals surface area (Å²) in [4.78, 5) is 44.9. The van der Waals surface area contributed by atoms with E-state index in [1.807, 2.05) is 24.3 Å². The van der Waals surface area contributed by atoms with Crippen molar-refractivity contribution in [1.29, 1.82) is 0 Å². The Balaban J connectivity index is 0.000000378. The number of carbonyl (C=O) groups is 3. The molecule has 0 aliphatic rings. The van der Waals surface area contributed by atoms with Gasteiger partial charge in [0.15, 0.2) is 0 Å². The van der Waals surface area contributed by atoms with Gasteiger partial charge in [-0.25, -0.2) is 19.4 Å². The first-order valence-corrected chi connectivity index (χ1v) is 17.3. The largest absolute Gasteiger partial charge is 1.00 e. The minimum Gasteiger partial charge on any atom is -0.870 e. The van der Waals surface area contributed by atoms with Crippen molar-refractivity contribution in [3.8, 4) is 22.5 Å². The molecule has 0 saturated carbocycles. The van der Waals surface area contributed by atoms with Gasteiger partial charge in [0.1, 0.15) is 4.60 Å². The van der Waals surface area contributed by atoms with Crippen LogP contribution in [0.25, 0.3) is 22.5 Å². The zero-order valence-electron chi connectivity index (χ0n) is 29.9. The summed E-state index contributed by atoms with van der Waals surface area (Å²) in [5, 5.41) is 27.9. The van der Waals surface area contributed by atoms with E-state index < -0.39 is 13.1 Å². The summed E-state index contributed by atoms with van der Waals surface area (Å²) in [6, 6.07) is 30.9. The van der Waals surface area contributed by atoms with E-state index in [1.54, 1.807) is 78.9 Å². The van der Waals surface area contributed by atoms with Gasteiger partial charge in [-0.2, -0.15) is 0 Å². The molecule has 3 aromatic heterocycles. The van der Waals surface area contributed by atoms with Crippen LogP contribution in [0.15, 0.2) is 132 Å². The minimum absolute atomic E-state index is 0. The molecule has 3 heterocycles. The Morgan fingerprint density at radius 1 is 0.571 bits per heavy atom. The number of aromatic carboxylic acids is 1. The van der Waals surface area contributed by atoms with E-state index in [2.05, 4.69) is 40.4 Å². The van der Waals surface area contributed by atoms with E-state index in [0.29, 0.717) is 36.3 Å². The van der Waals surface area contributed by atoms with Gasteiger partial charge >= 0.3 is 43.9 Å². The molecule has 56 heavy (non-hydrogen) atoms. The number of pyridine rings is 3. The molecular formula is C38H31BBrCl3LiN3O9. The van der Waals surface area contributed by atoms with Crippen molar-refractivity contribution in [1.82, 2.24) is 15.0 Å². The summed E-state index contributed by atoms with van der Waals surface area (Å²) in [5.74, 6) is -1.74. The van der Waals surface area contributed by atoms with Crippen molar-refractivity contribution in [2.45, 2.75) is 0 Å². The second-order valence-corrected chi connectivity index (χ2v) is 12.6. The number of carbonyl (C=O) groups excluding carboxylic acids is 2. The summed E-state index contributed by atoms with van der Waals surface area (Å²) >= 11 is 20.3. The van der Waals surface area contributed by atoms with E-state index in [4.69, 9.17) is 50.0 Å². The summed E-state index contributed by atoms with van der Waals surface area (Å²) in [6.07, 6.45) is 4.29. The molecule has 0 atom stereocenters. The number of carboxylic acid groups (broad SMARTS) is 1. The minimum atomic E-state index is -1.41. The number of benzene rings is 3. The molecule has 0 aliphatic carbocycles. The summed E-state index contributed by atoms with van der Waals surface area (Å²) in [7, 11) is 1.28. The van der Waals surface area contributed by atoms with Crippen LogP contribution in [0, 0.1) is 0 Å². The monoisotopic (exact) mass is 875 g/mol. The number of carboxylic acids is 1. The fourth-order valence-corrected chi connectivity index (χ4v) is 4.60. The van der Waals surface area contributed by atoms with Gasteiger partial charge in [0.2, 0.25) is 0 Å². The van der Waals surface area contributed by atoms with Gasteiger partial charge in [-0.1, -0.05) is 71.2 Å². The van der Waals surface area contributed by atoms with Crippen LogP contribution in [0.2, 0.25) is 15.1 Å². The summed E-state index contributed by atoms with van der Waals surface area (Å²) in [6.45, 7) is 0. The Hall–Kier alpha value is -4.59.